The maximum Gasteiger partial charge on any atom is 0.151 e. The van der Waals surface area contributed by atoms with Crippen molar-refractivity contribution < 1.29 is 4.52 Å². The first-order valence-corrected chi connectivity index (χ1v) is 7.80. The predicted octanol–water partition coefficient (Wildman–Crippen LogP) is 3.12. The summed E-state index contributed by atoms with van der Waals surface area (Å²) < 4.78 is 5.46. The highest BCUT2D eigenvalue weighted by Gasteiger charge is 2.17. The van der Waals surface area contributed by atoms with Crippen LogP contribution in [0.4, 0.5) is 0 Å². The van der Waals surface area contributed by atoms with Crippen LogP contribution < -0.4 is 0 Å². The Morgan fingerprint density at radius 2 is 1.95 bits per heavy atom. The fraction of sp³-hybridized carbons (Fsp3) is 0.375. The summed E-state index contributed by atoms with van der Waals surface area (Å²) in [6, 6.07) is 9.62. The zero-order valence-corrected chi connectivity index (χ0v) is 13.3. The lowest BCUT2D eigenvalue weighted by atomic mass is 10.1. The van der Waals surface area contributed by atoms with E-state index in [1.54, 1.807) is 0 Å². The van der Waals surface area contributed by atoms with Gasteiger partial charge in [-0.3, -0.25) is 9.91 Å². The molecular weight excluding hydrogens is 300 g/mol. The standard InChI is InChI=1S/C16H19ClN4O/c1-2-18-21-9-7-20(8-10-21)12-15-11-16(19-22-15)13-3-5-14(17)6-4-13/h2-6,11H,7-10,12H2,1H3/b18-2+. The fourth-order valence-electron chi connectivity index (χ4n) is 2.54. The molecule has 6 heteroatoms. The molecule has 1 aliphatic heterocycles. The van der Waals surface area contributed by atoms with E-state index in [9.17, 15) is 0 Å². The quantitative estimate of drug-likeness (QED) is 0.813. The number of nitrogens with zero attached hydrogens (tertiary/aromatic N) is 4. The van der Waals surface area contributed by atoms with Gasteiger partial charge in [0.15, 0.2) is 5.76 Å². The molecule has 5 nitrogen and oxygen atoms in total. The van der Waals surface area contributed by atoms with Gasteiger partial charge in [0.2, 0.25) is 0 Å². The smallest absolute Gasteiger partial charge is 0.151 e. The molecule has 116 valence electrons. The molecule has 1 aromatic heterocycles. The Balaban J connectivity index is 1.59. The number of benzene rings is 1. The predicted molar refractivity (Wildman–Crippen MR) is 88.0 cm³/mol. The number of halogens is 1. The van der Waals surface area contributed by atoms with E-state index < -0.39 is 0 Å². The summed E-state index contributed by atoms with van der Waals surface area (Å²) in [7, 11) is 0. The number of hydrazone groups is 1. The van der Waals surface area contributed by atoms with Gasteiger partial charge in [0, 0.05) is 49.0 Å². The van der Waals surface area contributed by atoms with Crippen LogP contribution in [0.5, 0.6) is 0 Å². The summed E-state index contributed by atoms with van der Waals surface area (Å²) in [5.74, 6) is 0.886. The molecule has 2 aromatic rings. The van der Waals surface area contributed by atoms with Gasteiger partial charge in [-0.2, -0.15) is 5.10 Å². The van der Waals surface area contributed by atoms with Gasteiger partial charge in [0.05, 0.1) is 6.54 Å². The molecule has 0 saturated carbocycles. The highest BCUT2D eigenvalue weighted by atomic mass is 35.5. The van der Waals surface area contributed by atoms with E-state index in [4.69, 9.17) is 16.1 Å². The fourth-order valence-corrected chi connectivity index (χ4v) is 2.66. The molecule has 1 saturated heterocycles. The minimum absolute atomic E-state index is 0.722. The van der Waals surface area contributed by atoms with Gasteiger partial charge in [0.1, 0.15) is 5.69 Å². The molecule has 0 N–H and O–H groups in total. The van der Waals surface area contributed by atoms with E-state index in [0.29, 0.717) is 0 Å². The molecule has 3 rings (SSSR count). The third kappa shape index (κ3) is 3.67. The summed E-state index contributed by atoms with van der Waals surface area (Å²) in [6.07, 6.45) is 1.84. The Hall–Kier alpha value is -1.85. The molecule has 0 aliphatic carbocycles. The van der Waals surface area contributed by atoms with Crippen LogP contribution in [0.2, 0.25) is 5.02 Å². The van der Waals surface area contributed by atoms with Gasteiger partial charge >= 0.3 is 0 Å². The molecule has 22 heavy (non-hydrogen) atoms. The second-order valence-corrected chi connectivity index (χ2v) is 5.73. The second kappa shape index (κ2) is 6.94. The molecule has 0 radical (unpaired) electrons. The third-order valence-corrected chi connectivity index (χ3v) is 3.96. The zero-order valence-electron chi connectivity index (χ0n) is 12.6. The normalized spacial score (nSPS) is 16.5. The van der Waals surface area contributed by atoms with Crippen molar-refractivity contribution in [2.75, 3.05) is 26.2 Å². The topological polar surface area (TPSA) is 44.9 Å². The van der Waals surface area contributed by atoms with Crippen LogP contribution in [-0.4, -0.2) is 47.5 Å². The number of piperazine rings is 1. The molecule has 0 amide bonds. The van der Waals surface area contributed by atoms with Gasteiger partial charge in [-0.05, 0) is 19.1 Å². The van der Waals surface area contributed by atoms with Crippen molar-refractivity contribution >= 4 is 17.8 Å². The Bertz CT molecular complexity index is 630. The van der Waals surface area contributed by atoms with Crippen molar-refractivity contribution in [3.8, 4) is 11.3 Å². The van der Waals surface area contributed by atoms with Crippen molar-refractivity contribution in [3.63, 3.8) is 0 Å². The van der Waals surface area contributed by atoms with Gasteiger partial charge < -0.3 is 4.52 Å². The number of rotatable bonds is 4. The molecule has 0 bridgehead atoms. The monoisotopic (exact) mass is 318 g/mol. The van der Waals surface area contributed by atoms with Crippen LogP contribution in [0, 0.1) is 0 Å². The Labute approximate surface area is 135 Å². The Kier molecular flexibility index (Phi) is 4.75. The summed E-state index contributed by atoms with van der Waals surface area (Å²) in [4.78, 5) is 2.35. The first kappa shape index (κ1) is 15.1. The highest BCUT2D eigenvalue weighted by Crippen LogP contribution is 2.22. The van der Waals surface area contributed by atoms with Gasteiger partial charge in [-0.25, -0.2) is 0 Å². The van der Waals surface area contributed by atoms with Crippen LogP contribution in [0.1, 0.15) is 12.7 Å². The van der Waals surface area contributed by atoms with E-state index in [2.05, 4.69) is 20.2 Å². The molecule has 0 atom stereocenters. The number of hydrogen-bond acceptors (Lipinski definition) is 5. The van der Waals surface area contributed by atoms with Crippen LogP contribution in [0.3, 0.4) is 0 Å². The molecular formula is C16H19ClN4O. The zero-order chi connectivity index (χ0) is 15.4. The Morgan fingerprint density at radius 1 is 1.23 bits per heavy atom. The molecule has 1 fully saturated rings. The van der Waals surface area contributed by atoms with E-state index in [0.717, 1.165) is 54.8 Å². The van der Waals surface area contributed by atoms with Crippen LogP contribution in [0.25, 0.3) is 11.3 Å². The van der Waals surface area contributed by atoms with Gasteiger partial charge in [-0.1, -0.05) is 28.9 Å². The van der Waals surface area contributed by atoms with Crippen molar-refractivity contribution in [3.05, 3.63) is 41.1 Å². The lowest BCUT2D eigenvalue weighted by Crippen LogP contribution is -2.43. The molecule has 1 aromatic carbocycles. The van der Waals surface area contributed by atoms with Crippen molar-refractivity contribution in [2.45, 2.75) is 13.5 Å². The minimum Gasteiger partial charge on any atom is -0.359 e. The lowest BCUT2D eigenvalue weighted by molar-refractivity contribution is 0.122. The van der Waals surface area contributed by atoms with Crippen LogP contribution in [-0.2, 0) is 6.54 Å². The maximum absolute atomic E-state index is 5.90. The first-order chi connectivity index (χ1) is 10.7. The molecule has 1 aliphatic rings. The number of aromatic nitrogens is 1. The molecule has 0 unspecified atom stereocenters. The summed E-state index contributed by atoms with van der Waals surface area (Å²) in [6.45, 7) is 6.58. The third-order valence-electron chi connectivity index (χ3n) is 3.71. The SMILES string of the molecule is C/C=N/N1CCN(Cc2cc(-c3ccc(Cl)cc3)no2)CC1. The average molecular weight is 319 g/mol. The van der Waals surface area contributed by atoms with E-state index in [-0.39, 0.29) is 0 Å². The summed E-state index contributed by atoms with van der Waals surface area (Å²) in [5.41, 5.74) is 1.86. The molecule has 0 spiro atoms. The minimum atomic E-state index is 0.722. The summed E-state index contributed by atoms with van der Waals surface area (Å²) >= 11 is 5.90. The van der Waals surface area contributed by atoms with Gasteiger partial charge in [-0.15, -0.1) is 0 Å². The largest absolute Gasteiger partial charge is 0.359 e. The Morgan fingerprint density at radius 3 is 2.64 bits per heavy atom. The van der Waals surface area contributed by atoms with Crippen molar-refractivity contribution in [1.29, 1.82) is 0 Å². The van der Waals surface area contributed by atoms with E-state index in [1.165, 1.54) is 0 Å². The molecule has 2 heterocycles. The second-order valence-electron chi connectivity index (χ2n) is 5.29. The highest BCUT2D eigenvalue weighted by molar-refractivity contribution is 6.30. The lowest BCUT2D eigenvalue weighted by Gasteiger charge is -2.32. The van der Waals surface area contributed by atoms with Gasteiger partial charge in [0.25, 0.3) is 0 Å². The van der Waals surface area contributed by atoms with E-state index >= 15 is 0 Å². The van der Waals surface area contributed by atoms with Crippen molar-refractivity contribution in [2.24, 2.45) is 5.10 Å². The van der Waals surface area contributed by atoms with E-state index in [1.807, 2.05) is 43.5 Å². The summed E-state index contributed by atoms with van der Waals surface area (Å²) in [5, 5.41) is 11.3. The average Bonchev–Trinajstić information content (AvgIpc) is 2.99. The first-order valence-electron chi connectivity index (χ1n) is 7.42. The maximum atomic E-state index is 5.90. The van der Waals surface area contributed by atoms with Crippen molar-refractivity contribution in [1.82, 2.24) is 15.1 Å². The number of hydrogen-bond donors (Lipinski definition) is 0. The van der Waals surface area contributed by atoms with Crippen LogP contribution >= 0.6 is 11.6 Å². The van der Waals surface area contributed by atoms with Crippen LogP contribution in [0.15, 0.2) is 40.0 Å².